The molecule has 1 rings (SSSR count). The van der Waals surface area contributed by atoms with Crippen molar-refractivity contribution in [3.05, 3.63) is 29.6 Å². The maximum Gasteiger partial charge on any atom is 0.232 e. The molecule has 0 saturated heterocycles. The molecule has 0 bridgehead atoms. The van der Waals surface area contributed by atoms with E-state index in [0.29, 0.717) is 4.90 Å². The van der Waals surface area contributed by atoms with Crippen LogP contribution >= 0.6 is 11.8 Å². The highest BCUT2D eigenvalue weighted by Crippen LogP contribution is 2.24. The van der Waals surface area contributed by atoms with Crippen molar-refractivity contribution in [1.29, 1.82) is 0 Å². The van der Waals surface area contributed by atoms with E-state index >= 15 is 0 Å². The molecule has 5 heteroatoms. The van der Waals surface area contributed by atoms with Gasteiger partial charge in [0.05, 0.1) is 5.75 Å². The SMILES string of the molecule is CNC(C)c1ccc(SCC(=O)N(C)C)c(F)c1. The number of hydrogen-bond acceptors (Lipinski definition) is 3. The molecule has 3 nitrogen and oxygen atoms in total. The molecule has 0 aliphatic rings. The number of carbonyl (C=O) groups excluding carboxylic acids is 1. The minimum absolute atomic E-state index is 0.0212. The van der Waals surface area contributed by atoms with Crippen LogP contribution in [0.1, 0.15) is 18.5 Å². The molecular formula is C13H19FN2OS. The van der Waals surface area contributed by atoms with Gasteiger partial charge in [-0.15, -0.1) is 11.8 Å². The van der Waals surface area contributed by atoms with Crippen LogP contribution in [0.4, 0.5) is 4.39 Å². The van der Waals surface area contributed by atoms with Crippen LogP contribution in [0.5, 0.6) is 0 Å². The number of rotatable bonds is 5. The summed E-state index contributed by atoms with van der Waals surface area (Å²) < 4.78 is 13.8. The molecule has 1 N–H and O–H groups in total. The Morgan fingerprint density at radius 2 is 2.17 bits per heavy atom. The van der Waals surface area contributed by atoms with Crippen molar-refractivity contribution in [2.45, 2.75) is 17.9 Å². The Kier molecular flexibility index (Phi) is 5.62. The fourth-order valence-electron chi connectivity index (χ4n) is 1.34. The lowest BCUT2D eigenvalue weighted by Crippen LogP contribution is -2.23. The summed E-state index contributed by atoms with van der Waals surface area (Å²) in [5.74, 6) is -0.0385. The molecular weight excluding hydrogens is 251 g/mol. The van der Waals surface area contributed by atoms with Gasteiger partial charge in [-0.2, -0.15) is 0 Å². The number of nitrogens with zero attached hydrogens (tertiary/aromatic N) is 1. The molecule has 0 saturated carbocycles. The number of hydrogen-bond donors (Lipinski definition) is 1. The van der Waals surface area contributed by atoms with Crippen molar-refractivity contribution in [2.24, 2.45) is 0 Å². The molecule has 0 heterocycles. The predicted octanol–water partition coefficient (Wildman–Crippen LogP) is 2.29. The highest BCUT2D eigenvalue weighted by atomic mass is 32.2. The quantitative estimate of drug-likeness (QED) is 0.833. The number of nitrogens with one attached hydrogen (secondary N) is 1. The largest absolute Gasteiger partial charge is 0.348 e. The Morgan fingerprint density at radius 3 is 2.67 bits per heavy atom. The second-order valence-electron chi connectivity index (χ2n) is 4.28. The molecule has 1 amide bonds. The molecule has 0 fully saturated rings. The molecule has 1 aromatic rings. The average Bonchev–Trinajstić information content (AvgIpc) is 2.35. The minimum Gasteiger partial charge on any atom is -0.348 e. The smallest absolute Gasteiger partial charge is 0.232 e. The minimum atomic E-state index is -0.272. The second kappa shape index (κ2) is 6.75. The van der Waals surface area contributed by atoms with Crippen molar-refractivity contribution in [2.75, 3.05) is 26.9 Å². The average molecular weight is 270 g/mol. The first-order valence-electron chi connectivity index (χ1n) is 5.75. The third-order valence-electron chi connectivity index (χ3n) is 2.74. The predicted molar refractivity (Wildman–Crippen MR) is 73.3 cm³/mol. The van der Waals surface area contributed by atoms with Crippen LogP contribution in [-0.2, 0) is 4.79 Å². The van der Waals surface area contributed by atoms with E-state index in [2.05, 4.69) is 5.32 Å². The van der Waals surface area contributed by atoms with Crippen molar-refractivity contribution in [3.63, 3.8) is 0 Å². The van der Waals surface area contributed by atoms with Gasteiger partial charge in [-0.05, 0) is 31.7 Å². The zero-order valence-electron chi connectivity index (χ0n) is 11.2. The Bertz CT molecular complexity index is 423. The van der Waals surface area contributed by atoms with Crippen molar-refractivity contribution < 1.29 is 9.18 Å². The molecule has 0 aliphatic carbocycles. The Hall–Kier alpha value is -1.07. The van der Waals surface area contributed by atoms with Gasteiger partial charge in [0.15, 0.2) is 0 Å². The highest BCUT2D eigenvalue weighted by Gasteiger charge is 2.10. The third-order valence-corrected chi connectivity index (χ3v) is 3.77. The Morgan fingerprint density at radius 1 is 1.50 bits per heavy atom. The van der Waals surface area contributed by atoms with Gasteiger partial charge in [-0.1, -0.05) is 6.07 Å². The van der Waals surface area contributed by atoms with Crippen molar-refractivity contribution in [3.8, 4) is 0 Å². The van der Waals surface area contributed by atoms with E-state index < -0.39 is 0 Å². The molecule has 18 heavy (non-hydrogen) atoms. The summed E-state index contributed by atoms with van der Waals surface area (Å²) >= 11 is 1.22. The zero-order valence-corrected chi connectivity index (χ0v) is 12.0. The van der Waals surface area contributed by atoms with E-state index in [1.54, 1.807) is 20.2 Å². The van der Waals surface area contributed by atoms with Crippen LogP contribution in [0.3, 0.4) is 0 Å². The summed E-state index contributed by atoms with van der Waals surface area (Å²) in [6.45, 7) is 1.97. The molecule has 1 atom stereocenters. The van der Waals surface area contributed by atoms with E-state index in [-0.39, 0.29) is 23.5 Å². The second-order valence-corrected chi connectivity index (χ2v) is 5.29. The summed E-state index contributed by atoms with van der Waals surface area (Å²) in [6.07, 6.45) is 0. The third kappa shape index (κ3) is 3.99. The van der Waals surface area contributed by atoms with Crippen LogP contribution in [0.25, 0.3) is 0 Å². The van der Waals surface area contributed by atoms with Gasteiger partial charge in [0, 0.05) is 25.0 Å². The number of carbonyl (C=O) groups is 1. The lowest BCUT2D eigenvalue weighted by molar-refractivity contribution is -0.125. The van der Waals surface area contributed by atoms with Crippen LogP contribution in [0.2, 0.25) is 0 Å². The summed E-state index contributed by atoms with van der Waals surface area (Å²) in [5, 5.41) is 3.06. The first kappa shape index (κ1) is 15.0. The van der Waals surface area contributed by atoms with E-state index in [1.807, 2.05) is 20.0 Å². The fraction of sp³-hybridized carbons (Fsp3) is 0.462. The lowest BCUT2D eigenvalue weighted by atomic mass is 10.1. The standard InChI is InChI=1S/C13H19FN2OS/c1-9(15-2)10-5-6-12(11(14)7-10)18-8-13(17)16(3)4/h5-7,9,15H,8H2,1-4H3. The van der Waals surface area contributed by atoms with Crippen molar-refractivity contribution in [1.82, 2.24) is 10.2 Å². The van der Waals surface area contributed by atoms with Gasteiger partial charge >= 0.3 is 0 Å². The summed E-state index contributed by atoms with van der Waals surface area (Å²) in [4.78, 5) is 13.4. The van der Waals surface area contributed by atoms with E-state index in [0.717, 1.165) is 5.56 Å². The fourth-order valence-corrected chi connectivity index (χ4v) is 2.24. The molecule has 0 radical (unpaired) electrons. The maximum absolute atomic E-state index is 13.8. The van der Waals surface area contributed by atoms with E-state index in [9.17, 15) is 9.18 Å². The van der Waals surface area contributed by atoms with Gasteiger partial charge < -0.3 is 10.2 Å². The Labute approximate surface area is 112 Å². The first-order valence-corrected chi connectivity index (χ1v) is 6.74. The summed E-state index contributed by atoms with van der Waals surface area (Å²) in [5.41, 5.74) is 0.901. The number of benzene rings is 1. The normalized spacial score (nSPS) is 12.3. The summed E-state index contributed by atoms with van der Waals surface area (Å²) in [7, 11) is 5.22. The monoisotopic (exact) mass is 270 g/mol. The maximum atomic E-state index is 13.8. The number of thioether (sulfide) groups is 1. The Balaban J connectivity index is 2.71. The van der Waals surface area contributed by atoms with Gasteiger partial charge in [0.1, 0.15) is 5.82 Å². The molecule has 1 aromatic carbocycles. The lowest BCUT2D eigenvalue weighted by Gasteiger charge is -2.13. The van der Waals surface area contributed by atoms with Crippen molar-refractivity contribution >= 4 is 17.7 Å². The van der Waals surface area contributed by atoms with Gasteiger partial charge in [-0.25, -0.2) is 4.39 Å². The summed E-state index contributed by atoms with van der Waals surface area (Å²) in [6, 6.07) is 5.24. The molecule has 0 aliphatic heterocycles. The van der Waals surface area contributed by atoms with Gasteiger partial charge in [0.25, 0.3) is 0 Å². The number of halogens is 1. The topological polar surface area (TPSA) is 32.3 Å². The molecule has 0 aromatic heterocycles. The molecule has 0 spiro atoms. The molecule has 100 valence electrons. The highest BCUT2D eigenvalue weighted by molar-refractivity contribution is 8.00. The van der Waals surface area contributed by atoms with Crippen LogP contribution < -0.4 is 5.32 Å². The first-order chi connectivity index (χ1) is 8.45. The van der Waals surface area contributed by atoms with Crippen LogP contribution in [-0.4, -0.2) is 37.7 Å². The van der Waals surface area contributed by atoms with Crippen LogP contribution in [0, 0.1) is 5.82 Å². The number of amides is 1. The van der Waals surface area contributed by atoms with Gasteiger partial charge in [0.2, 0.25) is 5.91 Å². The van der Waals surface area contributed by atoms with Gasteiger partial charge in [-0.3, -0.25) is 4.79 Å². The van der Waals surface area contributed by atoms with E-state index in [4.69, 9.17) is 0 Å². The van der Waals surface area contributed by atoms with E-state index in [1.165, 1.54) is 22.7 Å². The molecule has 1 unspecified atom stereocenters. The zero-order chi connectivity index (χ0) is 13.7. The van der Waals surface area contributed by atoms with Crippen LogP contribution in [0.15, 0.2) is 23.1 Å².